The summed E-state index contributed by atoms with van der Waals surface area (Å²) >= 11 is 6.43. The molecule has 0 aromatic heterocycles. The third-order valence-corrected chi connectivity index (χ3v) is 4.37. The minimum Gasteiger partial charge on any atom is -0.507 e. The maximum absolute atomic E-state index is 10.6. The molecule has 1 aliphatic rings. The molecule has 0 aliphatic carbocycles. The molecule has 0 radical (unpaired) electrons. The lowest BCUT2D eigenvalue weighted by Crippen LogP contribution is -2.36. The van der Waals surface area contributed by atoms with Gasteiger partial charge < -0.3 is 9.84 Å². The van der Waals surface area contributed by atoms with Gasteiger partial charge in [-0.25, -0.2) is 0 Å². The average molecular weight is 330 g/mol. The number of ether oxygens (including phenoxy) is 1. The predicted molar refractivity (Wildman–Crippen MR) is 94.6 cm³/mol. The number of morpholine rings is 1. The highest BCUT2D eigenvalue weighted by atomic mass is 35.5. The second kappa shape index (κ2) is 7.64. The summed E-state index contributed by atoms with van der Waals surface area (Å²) in [4.78, 5) is 2.28. The number of para-hydroxylation sites is 1. The molecule has 0 spiro atoms. The number of nitrogens with zero attached hydrogens (tertiary/aromatic N) is 1. The van der Waals surface area contributed by atoms with Gasteiger partial charge in [-0.1, -0.05) is 60.1 Å². The van der Waals surface area contributed by atoms with Gasteiger partial charge in [0, 0.05) is 35.8 Å². The summed E-state index contributed by atoms with van der Waals surface area (Å²) < 4.78 is 5.34. The van der Waals surface area contributed by atoms with Crippen molar-refractivity contribution in [3.63, 3.8) is 0 Å². The number of aromatic hydroxyl groups is 1. The molecule has 0 bridgehead atoms. The topological polar surface area (TPSA) is 32.7 Å². The molecule has 2 aromatic carbocycles. The van der Waals surface area contributed by atoms with E-state index in [2.05, 4.69) is 4.90 Å². The molecule has 1 saturated heterocycles. The van der Waals surface area contributed by atoms with Crippen molar-refractivity contribution in [2.24, 2.45) is 0 Å². The number of hydrogen-bond acceptors (Lipinski definition) is 3. The Morgan fingerprint density at radius 1 is 1.09 bits per heavy atom. The molecular formula is C19H20ClNO2. The van der Waals surface area contributed by atoms with Crippen molar-refractivity contribution in [1.29, 1.82) is 0 Å². The number of halogens is 1. The van der Waals surface area contributed by atoms with E-state index in [4.69, 9.17) is 16.3 Å². The van der Waals surface area contributed by atoms with Crippen LogP contribution in [0.4, 0.5) is 0 Å². The first-order chi connectivity index (χ1) is 11.3. The Labute approximate surface area is 141 Å². The summed E-state index contributed by atoms with van der Waals surface area (Å²) in [7, 11) is 0. The largest absolute Gasteiger partial charge is 0.507 e. The van der Waals surface area contributed by atoms with Gasteiger partial charge in [-0.05, 0) is 11.6 Å². The molecule has 0 saturated carbocycles. The fourth-order valence-corrected chi connectivity index (χ4v) is 2.91. The molecule has 0 atom stereocenters. The van der Waals surface area contributed by atoms with Gasteiger partial charge in [0.05, 0.1) is 13.2 Å². The van der Waals surface area contributed by atoms with Crippen molar-refractivity contribution in [3.8, 4) is 16.9 Å². The van der Waals surface area contributed by atoms with Gasteiger partial charge in [-0.15, -0.1) is 0 Å². The number of benzene rings is 2. The highest BCUT2D eigenvalue weighted by Gasteiger charge is 2.13. The van der Waals surface area contributed by atoms with E-state index in [1.807, 2.05) is 54.6 Å². The van der Waals surface area contributed by atoms with Crippen molar-refractivity contribution >= 4 is 16.6 Å². The molecule has 3 rings (SSSR count). The van der Waals surface area contributed by atoms with Crippen LogP contribution in [0.3, 0.4) is 0 Å². The summed E-state index contributed by atoms with van der Waals surface area (Å²) in [5.41, 5.74) is 2.44. The Balaban J connectivity index is 1.82. The minimum absolute atomic E-state index is 0.224. The predicted octanol–water partition coefficient (Wildman–Crippen LogP) is 3.97. The van der Waals surface area contributed by atoms with Crippen LogP contribution < -0.4 is 0 Å². The third-order valence-electron chi connectivity index (χ3n) is 4.01. The first-order valence-corrected chi connectivity index (χ1v) is 8.17. The van der Waals surface area contributed by atoms with Crippen LogP contribution in [0, 0.1) is 0 Å². The van der Waals surface area contributed by atoms with Gasteiger partial charge in [0.25, 0.3) is 0 Å². The highest BCUT2D eigenvalue weighted by molar-refractivity contribution is 6.49. The molecule has 1 aliphatic heterocycles. The van der Waals surface area contributed by atoms with E-state index in [0.717, 1.165) is 44.0 Å². The van der Waals surface area contributed by atoms with E-state index in [1.165, 1.54) is 0 Å². The Morgan fingerprint density at radius 3 is 2.57 bits per heavy atom. The van der Waals surface area contributed by atoms with Crippen molar-refractivity contribution < 1.29 is 9.84 Å². The molecule has 23 heavy (non-hydrogen) atoms. The summed E-state index contributed by atoms with van der Waals surface area (Å²) in [5, 5.41) is 11.2. The number of hydrogen-bond donors (Lipinski definition) is 1. The molecule has 120 valence electrons. The minimum atomic E-state index is 0.224. The van der Waals surface area contributed by atoms with Gasteiger partial charge in [-0.2, -0.15) is 0 Å². The fraction of sp³-hybridized carbons (Fsp3) is 0.263. The van der Waals surface area contributed by atoms with Crippen molar-refractivity contribution in [2.45, 2.75) is 0 Å². The van der Waals surface area contributed by atoms with Crippen LogP contribution in [0.15, 0.2) is 54.6 Å². The number of phenols is 1. The first-order valence-electron chi connectivity index (χ1n) is 7.79. The third kappa shape index (κ3) is 3.94. The molecule has 2 aromatic rings. The standard InChI is InChI=1S/C19H20ClNO2/c20-18(9-10-21-11-13-23-14-12-21)17-8-4-7-16(19(17)22)15-5-2-1-3-6-15/h1-9,22H,10-14H2/b18-9+. The lowest BCUT2D eigenvalue weighted by Gasteiger charge is -2.25. The Morgan fingerprint density at radius 2 is 1.83 bits per heavy atom. The SMILES string of the molecule is Oc1c(/C(Cl)=C\CN2CCOCC2)cccc1-c1ccccc1. The smallest absolute Gasteiger partial charge is 0.132 e. The van der Waals surface area contributed by atoms with E-state index in [0.29, 0.717) is 10.6 Å². The van der Waals surface area contributed by atoms with E-state index >= 15 is 0 Å². The van der Waals surface area contributed by atoms with E-state index in [-0.39, 0.29) is 5.75 Å². The van der Waals surface area contributed by atoms with Crippen LogP contribution in [0.2, 0.25) is 0 Å². The zero-order valence-corrected chi connectivity index (χ0v) is 13.7. The van der Waals surface area contributed by atoms with Crippen LogP contribution in [0.5, 0.6) is 5.75 Å². The van der Waals surface area contributed by atoms with Crippen LogP contribution in [-0.2, 0) is 4.74 Å². The van der Waals surface area contributed by atoms with Gasteiger partial charge in [0.1, 0.15) is 5.75 Å². The maximum Gasteiger partial charge on any atom is 0.132 e. The number of rotatable bonds is 4. The Hall–Kier alpha value is -1.81. The van der Waals surface area contributed by atoms with Crippen LogP contribution >= 0.6 is 11.6 Å². The molecule has 1 heterocycles. The highest BCUT2D eigenvalue weighted by Crippen LogP contribution is 2.36. The Bertz CT molecular complexity index is 679. The lowest BCUT2D eigenvalue weighted by atomic mass is 10.0. The fourth-order valence-electron chi connectivity index (χ4n) is 2.69. The quantitative estimate of drug-likeness (QED) is 0.921. The second-order valence-electron chi connectivity index (χ2n) is 5.53. The van der Waals surface area contributed by atoms with Gasteiger partial charge >= 0.3 is 0 Å². The summed E-state index contributed by atoms with van der Waals surface area (Å²) in [6.45, 7) is 4.12. The summed E-state index contributed by atoms with van der Waals surface area (Å²) in [6.07, 6.45) is 1.96. The van der Waals surface area contributed by atoms with E-state index < -0.39 is 0 Å². The molecular weight excluding hydrogens is 310 g/mol. The molecule has 0 unspecified atom stereocenters. The number of phenolic OH excluding ortho intramolecular Hbond substituents is 1. The van der Waals surface area contributed by atoms with Crippen molar-refractivity contribution in [1.82, 2.24) is 4.90 Å². The maximum atomic E-state index is 10.6. The molecule has 1 fully saturated rings. The molecule has 4 heteroatoms. The van der Waals surface area contributed by atoms with Gasteiger partial charge in [-0.3, -0.25) is 4.90 Å². The van der Waals surface area contributed by atoms with Gasteiger partial charge in [0.2, 0.25) is 0 Å². The monoisotopic (exact) mass is 329 g/mol. The van der Waals surface area contributed by atoms with E-state index in [1.54, 1.807) is 0 Å². The normalized spacial score (nSPS) is 16.5. The molecule has 1 N–H and O–H groups in total. The molecule has 0 amide bonds. The van der Waals surface area contributed by atoms with Crippen LogP contribution in [0.25, 0.3) is 16.2 Å². The van der Waals surface area contributed by atoms with Crippen molar-refractivity contribution in [3.05, 3.63) is 60.2 Å². The Kier molecular flexibility index (Phi) is 5.34. The summed E-state index contributed by atoms with van der Waals surface area (Å²) in [5.74, 6) is 0.224. The first kappa shape index (κ1) is 16.1. The van der Waals surface area contributed by atoms with Crippen LogP contribution in [0.1, 0.15) is 5.56 Å². The van der Waals surface area contributed by atoms with E-state index in [9.17, 15) is 5.11 Å². The van der Waals surface area contributed by atoms with Crippen molar-refractivity contribution in [2.75, 3.05) is 32.8 Å². The molecule has 3 nitrogen and oxygen atoms in total. The zero-order chi connectivity index (χ0) is 16.1. The lowest BCUT2D eigenvalue weighted by molar-refractivity contribution is 0.0435. The van der Waals surface area contributed by atoms with Crippen LogP contribution in [-0.4, -0.2) is 42.9 Å². The average Bonchev–Trinajstić information content (AvgIpc) is 2.61. The zero-order valence-electron chi connectivity index (χ0n) is 12.9. The summed E-state index contributed by atoms with van der Waals surface area (Å²) in [6, 6.07) is 15.5. The second-order valence-corrected chi connectivity index (χ2v) is 5.94. The van der Waals surface area contributed by atoms with Gasteiger partial charge in [0.15, 0.2) is 0 Å².